The van der Waals surface area contributed by atoms with Crippen LogP contribution in [-0.2, 0) is 30.2 Å². The van der Waals surface area contributed by atoms with Crippen LogP contribution in [0.1, 0.15) is 54.2 Å². The molecule has 3 aliphatic carbocycles. The maximum Gasteiger partial charge on any atom is 0.0494 e. The van der Waals surface area contributed by atoms with Gasteiger partial charge in [0.1, 0.15) is 0 Å². The van der Waals surface area contributed by atoms with E-state index in [1.807, 2.05) is 0 Å². The smallest absolute Gasteiger partial charge is 0.0494 e. The van der Waals surface area contributed by atoms with E-state index in [-0.39, 0.29) is 10.8 Å². The van der Waals surface area contributed by atoms with Crippen molar-refractivity contribution in [3.63, 3.8) is 0 Å². The Labute approximate surface area is 310 Å². The first-order valence-corrected chi connectivity index (χ1v) is 19.3. The second kappa shape index (κ2) is 10.1. The zero-order valence-corrected chi connectivity index (χ0v) is 30.4. The molecule has 0 unspecified atom stereocenters. The minimum absolute atomic E-state index is 0.208. The fourth-order valence-electron chi connectivity index (χ4n) is 11.1. The molecule has 53 heavy (non-hydrogen) atoms. The molecule has 0 radical (unpaired) electrons. The van der Waals surface area contributed by atoms with E-state index in [9.17, 15) is 0 Å². The van der Waals surface area contributed by atoms with Gasteiger partial charge >= 0.3 is 0 Å². The van der Waals surface area contributed by atoms with Gasteiger partial charge in [-0.2, -0.15) is 0 Å². The van der Waals surface area contributed by atoms with Gasteiger partial charge in [0, 0.05) is 39.2 Å². The van der Waals surface area contributed by atoms with Crippen molar-refractivity contribution in [3.05, 3.63) is 179 Å². The average Bonchev–Trinajstić information content (AvgIpc) is 3.74. The van der Waals surface area contributed by atoms with E-state index in [4.69, 9.17) is 0 Å². The maximum atomic E-state index is 2.56. The number of hydrogen-bond acceptors (Lipinski definition) is 0. The molecule has 0 saturated carbocycles. The fraction of sp³-hybridized carbons (Fsp3) is 0.154. The Morgan fingerprint density at radius 3 is 1.28 bits per heavy atom. The lowest BCUT2D eigenvalue weighted by molar-refractivity contribution is 0.584. The first-order chi connectivity index (χ1) is 25.9. The molecule has 4 bridgehead atoms. The van der Waals surface area contributed by atoms with Gasteiger partial charge in [-0.1, -0.05) is 111 Å². The molecule has 0 aliphatic heterocycles. The molecule has 1 nitrogen and oxygen atoms in total. The molecule has 252 valence electrons. The first-order valence-electron chi connectivity index (χ1n) is 19.3. The number of aromatic nitrogens is 1. The van der Waals surface area contributed by atoms with E-state index in [1.165, 1.54) is 110 Å². The predicted octanol–water partition coefficient (Wildman–Crippen LogP) is 13.2. The van der Waals surface area contributed by atoms with Gasteiger partial charge in [0.15, 0.2) is 0 Å². The van der Waals surface area contributed by atoms with Crippen LogP contribution in [0.3, 0.4) is 0 Å². The van der Waals surface area contributed by atoms with Crippen LogP contribution in [-0.4, -0.2) is 4.57 Å². The van der Waals surface area contributed by atoms with Crippen LogP contribution in [0.15, 0.2) is 146 Å². The van der Waals surface area contributed by atoms with Crippen LogP contribution in [0.2, 0.25) is 0 Å². The zero-order valence-electron chi connectivity index (χ0n) is 30.4. The summed E-state index contributed by atoms with van der Waals surface area (Å²) in [5.41, 5.74) is 19.0. The van der Waals surface area contributed by atoms with Gasteiger partial charge in [0.25, 0.3) is 0 Å². The summed E-state index contributed by atoms with van der Waals surface area (Å²) in [5.74, 6) is 0. The Kier molecular flexibility index (Phi) is 5.67. The predicted molar refractivity (Wildman–Crippen MR) is 223 cm³/mol. The molecule has 1 heteroatoms. The van der Waals surface area contributed by atoms with E-state index in [0.29, 0.717) is 0 Å². The lowest BCUT2D eigenvalue weighted by atomic mass is 9.72. The highest BCUT2D eigenvalue weighted by Crippen LogP contribution is 2.56. The normalized spacial score (nSPS) is 19.3. The minimum atomic E-state index is -0.208. The summed E-state index contributed by atoms with van der Waals surface area (Å²) < 4.78 is 2.56. The van der Waals surface area contributed by atoms with Gasteiger partial charge < -0.3 is 4.57 Å². The highest BCUT2D eigenvalue weighted by Gasteiger charge is 2.43. The fourth-order valence-corrected chi connectivity index (χ4v) is 11.1. The van der Waals surface area contributed by atoms with E-state index < -0.39 is 0 Å². The third-order valence-corrected chi connectivity index (χ3v) is 13.6. The van der Waals surface area contributed by atoms with Gasteiger partial charge in [0.05, 0.1) is 0 Å². The van der Waals surface area contributed by atoms with Gasteiger partial charge in [0.2, 0.25) is 0 Å². The molecule has 0 fully saturated rings. The van der Waals surface area contributed by atoms with Crippen LogP contribution >= 0.6 is 0 Å². The Balaban J connectivity index is 1.22. The van der Waals surface area contributed by atoms with E-state index >= 15 is 0 Å². The molecule has 0 spiro atoms. The molecule has 0 N–H and O–H groups in total. The van der Waals surface area contributed by atoms with Crippen LogP contribution in [0.25, 0.3) is 76.7 Å². The third-order valence-electron chi connectivity index (χ3n) is 13.6. The zero-order chi connectivity index (χ0) is 35.2. The second-order valence-corrected chi connectivity index (χ2v) is 16.4. The van der Waals surface area contributed by atoms with Crippen molar-refractivity contribution in [1.82, 2.24) is 4.57 Å². The molecule has 2 atom stereocenters. The largest absolute Gasteiger partial charge is 0.341 e. The van der Waals surface area contributed by atoms with Crippen molar-refractivity contribution in [2.75, 3.05) is 0 Å². The van der Waals surface area contributed by atoms with Gasteiger partial charge in [-0.3, -0.25) is 0 Å². The van der Waals surface area contributed by atoms with Gasteiger partial charge in [-0.25, -0.2) is 0 Å². The summed E-state index contributed by atoms with van der Waals surface area (Å²) in [6.07, 6.45) is 1.86. The van der Waals surface area contributed by atoms with Crippen LogP contribution in [0, 0.1) is 0 Å². The molecule has 1 aromatic heterocycles. The first kappa shape index (κ1) is 29.6. The molecule has 3 aliphatic rings. The van der Waals surface area contributed by atoms with Gasteiger partial charge in [-0.15, -0.1) is 0 Å². The summed E-state index contributed by atoms with van der Waals surface area (Å²) in [6.45, 7) is 8.27. The lowest BCUT2D eigenvalue weighted by Crippen LogP contribution is -2.25. The minimum Gasteiger partial charge on any atom is -0.341 e. The average molecular weight is 678 g/mol. The lowest BCUT2D eigenvalue weighted by Gasteiger charge is -2.30. The highest BCUT2D eigenvalue weighted by molar-refractivity contribution is 6.12. The number of hydrogen-bond donors (Lipinski definition) is 0. The maximum absolute atomic E-state index is 2.56. The monoisotopic (exact) mass is 677 g/mol. The van der Waals surface area contributed by atoms with Crippen molar-refractivity contribution in [1.29, 1.82) is 0 Å². The Morgan fingerprint density at radius 2 is 0.849 bits per heavy atom. The molecule has 1 heterocycles. The second-order valence-electron chi connectivity index (χ2n) is 16.4. The standard InChI is InChI=1S/C52H39N/c1-4-53-47-17-9-15-37-29-51(2)43-27-35(19-21-39(43)41-23-31-11-5-7-13-33(31)25-45(41)51)36-20-22-40-42-24-32-12-6-8-14-34(32)26-46(42)52(3,44(40)28-36)30-38-16-10-18-48(53)50(38)49(37)47/h5-28H,4,29-30H2,1-3H3/t51-,52+. The molecule has 9 aromatic rings. The van der Waals surface area contributed by atoms with E-state index in [2.05, 4.69) is 171 Å². The molecule has 8 aromatic carbocycles. The highest BCUT2D eigenvalue weighted by atomic mass is 15.0. The summed E-state index contributed by atoms with van der Waals surface area (Å²) in [6, 6.07) is 56.5. The molecule has 0 amide bonds. The van der Waals surface area contributed by atoms with Crippen LogP contribution < -0.4 is 0 Å². The number of benzene rings is 8. The van der Waals surface area contributed by atoms with Crippen molar-refractivity contribution in [3.8, 4) is 33.4 Å². The Morgan fingerprint density at radius 1 is 0.434 bits per heavy atom. The van der Waals surface area contributed by atoms with Crippen molar-refractivity contribution in [2.45, 2.75) is 51.0 Å². The number of fused-ring (bicyclic) bond motifs is 11. The van der Waals surface area contributed by atoms with E-state index in [0.717, 1.165) is 19.4 Å². The summed E-state index contributed by atoms with van der Waals surface area (Å²) in [7, 11) is 0. The number of nitrogens with zero attached hydrogens (tertiary/aromatic N) is 1. The van der Waals surface area contributed by atoms with Crippen molar-refractivity contribution >= 4 is 43.4 Å². The topological polar surface area (TPSA) is 4.93 Å². The Bertz CT molecular complexity index is 2880. The summed E-state index contributed by atoms with van der Waals surface area (Å²) in [5, 5.41) is 8.10. The molecular weight excluding hydrogens is 639 g/mol. The molecule has 12 rings (SSSR count). The summed E-state index contributed by atoms with van der Waals surface area (Å²) in [4.78, 5) is 0. The summed E-state index contributed by atoms with van der Waals surface area (Å²) >= 11 is 0. The van der Waals surface area contributed by atoms with Crippen molar-refractivity contribution < 1.29 is 0 Å². The van der Waals surface area contributed by atoms with Crippen molar-refractivity contribution in [2.24, 2.45) is 0 Å². The van der Waals surface area contributed by atoms with Crippen LogP contribution in [0.5, 0.6) is 0 Å². The van der Waals surface area contributed by atoms with Gasteiger partial charge in [-0.05, 0) is 157 Å². The number of rotatable bonds is 1. The molecule has 0 saturated heterocycles. The molecular formula is C52H39N. The Hall–Kier alpha value is -5.92. The van der Waals surface area contributed by atoms with Crippen LogP contribution in [0.4, 0.5) is 0 Å². The quantitative estimate of drug-likeness (QED) is 0.163. The third kappa shape index (κ3) is 3.77. The van der Waals surface area contributed by atoms with E-state index in [1.54, 1.807) is 0 Å². The number of aryl methyl sites for hydroxylation is 1. The SMILES string of the molecule is CCn1c2cccc3c2c2c(cccc21)C[C@]1(C)c2cc(ccc2-c2cc4ccccc4cc21)-c1ccc2c(c1)[C@](C)(C3)c1cc3ccccc3cc1-2.